The van der Waals surface area contributed by atoms with Gasteiger partial charge in [-0.05, 0) is 58.3 Å². The van der Waals surface area contributed by atoms with Crippen LogP contribution in [0.5, 0.6) is 0 Å². The van der Waals surface area contributed by atoms with Crippen molar-refractivity contribution in [2.45, 2.75) is 52.0 Å². The summed E-state index contributed by atoms with van der Waals surface area (Å²) in [4.78, 5) is 2.26. The summed E-state index contributed by atoms with van der Waals surface area (Å²) < 4.78 is 0. The van der Waals surface area contributed by atoms with E-state index < -0.39 is 0 Å². The second-order valence-electron chi connectivity index (χ2n) is 5.98. The Morgan fingerprint density at radius 2 is 2.00 bits per heavy atom. The molecule has 0 bridgehead atoms. The fourth-order valence-electron chi connectivity index (χ4n) is 2.72. The molecule has 2 nitrogen and oxygen atoms in total. The van der Waals surface area contributed by atoms with E-state index in [-0.39, 0.29) is 0 Å². The van der Waals surface area contributed by atoms with Crippen molar-refractivity contribution in [3.8, 4) is 0 Å². The molecule has 96 valence electrons. The Morgan fingerprint density at radius 3 is 2.62 bits per heavy atom. The number of nitrogens with zero attached hydrogens (tertiary/aromatic N) is 1. The zero-order valence-electron chi connectivity index (χ0n) is 11.6. The van der Waals surface area contributed by atoms with Crippen LogP contribution in [0.25, 0.3) is 0 Å². The average Bonchev–Trinajstić information content (AvgIpc) is 2.24. The van der Waals surface area contributed by atoms with Crippen LogP contribution in [0, 0.1) is 11.8 Å². The second kappa shape index (κ2) is 7.29. The van der Waals surface area contributed by atoms with Gasteiger partial charge in [0, 0.05) is 6.04 Å². The van der Waals surface area contributed by atoms with Crippen molar-refractivity contribution in [3.63, 3.8) is 0 Å². The lowest BCUT2D eigenvalue weighted by Crippen LogP contribution is -2.36. The van der Waals surface area contributed by atoms with E-state index in [0.29, 0.717) is 0 Å². The lowest BCUT2D eigenvalue weighted by atomic mass is 9.79. The monoisotopic (exact) mass is 226 g/mol. The first-order chi connectivity index (χ1) is 7.59. The lowest BCUT2D eigenvalue weighted by Gasteiger charge is -2.32. The van der Waals surface area contributed by atoms with Crippen LogP contribution in [-0.4, -0.2) is 38.1 Å². The van der Waals surface area contributed by atoms with Crippen molar-refractivity contribution in [2.24, 2.45) is 11.8 Å². The predicted molar refractivity (Wildman–Crippen MR) is 71.8 cm³/mol. The molecular weight excluding hydrogens is 196 g/mol. The molecule has 1 aliphatic carbocycles. The van der Waals surface area contributed by atoms with E-state index >= 15 is 0 Å². The highest BCUT2D eigenvalue weighted by Crippen LogP contribution is 2.29. The summed E-state index contributed by atoms with van der Waals surface area (Å²) in [5.74, 6) is 1.83. The maximum absolute atomic E-state index is 3.74. The normalized spacial score (nSPS) is 26.6. The lowest BCUT2D eigenvalue weighted by molar-refractivity contribution is 0.230. The van der Waals surface area contributed by atoms with Gasteiger partial charge in [-0.25, -0.2) is 0 Å². The van der Waals surface area contributed by atoms with E-state index in [4.69, 9.17) is 0 Å². The molecule has 0 aromatic carbocycles. The van der Waals surface area contributed by atoms with Gasteiger partial charge in [0.05, 0.1) is 0 Å². The van der Waals surface area contributed by atoms with Crippen molar-refractivity contribution in [1.82, 2.24) is 10.2 Å². The van der Waals surface area contributed by atoms with Gasteiger partial charge >= 0.3 is 0 Å². The minimum atomic E-state index is 0.795. The highest BCUT2D eigenvalue weighted by molar-refractivity contribution is 4.79. The van der Waals surface area contributed by atoms with Crippen LogP contribution in [0.1, 0.15) is 46.0 Å². The van der Waals surface area contributed by atoms with Crippen LogP contribution in [0.4, 0.5) is 0 Å². The minimum absolute atomic E-state index is 0.795. The summed E-state index contributed by atoms with van der Waals surface area (Å²) in [6.45, 7) is 7.14. The van der Waals surface area contributed by atoms with Crippen molar-refractivity contribution in [1.29, 1.82) is 0 Å². The van der Waals surface area contributed by atoms with Gasteiger partial charge in [0.1, 0.15) is 0 Å². The molecule has 1 N–H and O–H groups in total. The second-order valence-corrected chi connectivity index (χ2v) is 5.98. The minimum Gasteiger partial charge on any atom is -0.314 e. The van der Waals surface area contributed by atoms with Crippen molar-refractivity contribution in [2.75, 3.05) is 27.2 Å². The summed E-state index contributed by atoms with van der Waals surface area (Å²) >= 11 is 0. The Kier molecular flexibility index (Phi) is 6.37. The molecule has 0 aromatic heterocycles. The van der Waals surface area contributed by atoms with E-state index in [1.54, 1.807) is 0 Å². The largest absolute Gasteiger partial charge is 0.314 e. The predicted octanol–water partition coefficient (Wildman–Crippen LogP) is 2.74. The summed E-state index contributed by atoms with van der Waals surface area (Å²) in [7, 11) is 4.30. The van der Waals surface area contributed by atoms with Gasteiger partial charge in [0.15, 0.2) is 0 Å². The molecule has 2 unspecified atom stereocenters. The number of rotatable bonds is 6. The van der Waals surface area contributed by atoms with Crippen LogP contribution in [-0.2, 0) is 0 Å². The van der Waals surface area contributed by atoms with Crippen LogP contribution >= 0.6 is 0 Å². The average molecular weight is 226 g/mol. The molecule has 0 heterocycles. The topological polar surface area (TPSA) is 15.3 Å². The Morgan fingerprint density at radius 1 is 1.25 bits per heavy atom. The highest BCUT2D eigenvalue weighted by atomic mass is 15.1. The molecule has 0 saturated heterocycles. The maximum atomic E-state index is 3.74. The first-order valence-electron chi connectivity index (χ1n) is 6.97. The van der Waals surface area contributed by atoms with Gasteiger partial charge < -0.3 is 10.2 Å². The van der Waals surface area contributed by atoms with Crippen LogP contribution in [0.2, 0.25) is 0 Å². The standard InChI is InChI=1S/C14H30N2/c1-12(2)13-7-5-8-14(11-13)15-9-6-10-16(3)4/h12-15H,5-11H2,1-4H3. The molecule has 0 spiro atoms. The van der Waals surface area contributed by atoms with E-state index in [0.717, 1.165) is 17.9 Å². The quantitative estimate of drug-likeness (QED) is 0.701. The molecule has 0 amide bonds. The SMILES string of the molecule is CC(C)C1CCCC(NCCCN(C)C)C1. The molecule has 2 heteroatoms. The molecular formula is C14H30N2. The first-order valence-corrected chi connectivity index (χ1v) is 6.97. The van der Waals surface area contributed by atoms with Crippen LogP contribution < -0.4 is 5.32 Å². The molecule has 0 aromatic rings. The van der Waals surface area contributed by atoms with Gasteiger partial charge in [0.2, 0.25) is 0 Å². The van der Waals surface area contributed by atoms with E-state index in [9.17, 15) is 0 Å². The molecule has 1 rings (SSSR count). The van der Waals surface area contributed by atoms with Crippen molar-refractivity contribution in [3.05, 3.63) is 0 Å². The molecule has 1 aliphatic rings. The summed E-state index contributed by atoms with van der Waals surface area (Å²) in [6, 6.07) is 0.795. The molecule has 2 atom stereocenters. The Labute approximate surface area is 102 Å². The van der Waals surface area contributed by atoms with Crippen molar-refractivity contribution < 1.29 is 0 Å². The summed E-state index contributed by atoms with van der Waals surface area (Å²) in [5, 5.41) is 3.74. The van der Waals surface area contributed by atoms with Gasteiger partial charge in [0.25, 0.3) is 0 Å². The fourth-order valence-corrected chi connectivity index (χ4v) is 2.72. The van der Waals surface area contributed by atoms with Gasteiger partial charge in [-0.1, -0.05) is 26.7 Å². The Bertz CT molecular complexity index is 178. The highest BCUT2D eigenvalue weighted by Gasteiger charge is 2.23. The van der Waals surface area contributed by atoms with E-state index in [2.05, 4.69) is 38.2 Å². The third-order valence-corrected chi connectivity index (χ3v) is 3.87. The summed E-state index contributed by atoms with van der Waals surface area (Å²) in [5.41, 5.74) is 0. The third kappa shape index (κ3) is 5.31. The zero-order valence-corrected chi connectivity index (χ0v) is 11.6. The molecule has 0 aliphatic heterocycles. The number of hydrogen-bond acceptors (Lipinski definition) is 2. The smallest absolute Gasteiger partial charge is 0.00698 e. The van der Waals surface area contributed by atoms with E-state index in [1.807, 2.05) is 0 Å². The van der Waals surface area contributed by atoms with Crippen LogP contribution in [0.3, 0.4) is 0 Å². The van der Waals surface area contributed by atoms with Gasteiger partial charge in [-0.3, -0.25) is 0 Å². The van der Waals surface area contributed by atoms with Gasteiger partial charge in [-0.15, -0.1) is 0 Å². The van der Waals surface area contributed by atoms with Crippen molar-refractivity contribution >= 4 is 0 Å². The molecule has 16 heavy (non-hydrogen) atoms. The first kappa shape index (κ1) is 14.0. The molecule has 0 radical (unpaired) electrons. The number of nitrogens with one attached hydrogen (secondary N) is 1. The maximum Gasteiger partial charge on any atom is 0.00698 e. The van der Waals surface area contributed by atoms with E-state index in [1.165, 1.54) is 45.2 Å². The third-order valence-electron chi connectivity index (χ3n) is 3.87. The Balaban J connectivity index is 2.12. The molecule has 1 saturated carbocycles. The van der Waals surface area contributed by atoms with Gasteiger partial charge in [-0.2, -0.15) is 0 Å². The molecule has 1 fully saturated rings. The summed E-state index contributed by atoms with van der Waals surface area (Å²) in [6.07, 6.45) is 6.95. The zero-order chi connectivity index (χ0) is 12.0. The fraction of sp³-hybridized carbons (Fsp3) is 1.00. The van der Waals surface area contributed by atoms with Crippen LogP contribution in [0.15, 0.2) is 0 Å². The number of hydrogen-bond donors (Lipinski definition) is 1. The Hall–Kier alpha value is -0.0800.